The molecule has 0 saturated carbocycles. The lowest BCUT2D eigenvalue weighted by Crippen LogP contribution is -2.23. The molecule has 0 unspecified atom stereocenters. The zero-order valence-corrected chi connectivity index (χ0v) is 12.3. The fourth-order valence-electron chi connectivity index (χ4n) is 1.59. The van der Waals surface area contributed by atoms with Crippen LogP contribution in [-0.4, -0.2) is 18.0 Å². The van der Waals surface area contributed by atoms with Gasteiger partial charge in [0.2, 0.25) is 5.88 Å². The van der Waals surface area contributed by atoms with Crippen LogP contribution in [0.25, 0.3) is 0 Å². The lowest BCUT2D eigenvalue weighted by molar-refractivity contribution is 0.0950. The van der Waals surface area contributed by atoms with Gasteiger partial charge in [-0.1, -0.05) is 6.07 Å². The van der Waals surface area contributed by atoms with Crippen molar-refractivity contribution in [1.29, 1.82) is 0 Å². The number of nitrogens with one attached hydrogen (secondary N) is 1. The van der Waals surface area contributed by atoms with Gasteiger partial charge in [-0.15, -0.1) is 0 Å². The van der Waals surface area contributed by atoms with Crippen molar-refractivity contribution in [2.24, 2.45) is 0 Å². The van der Waals surface area contributed by atoms with Crippen LogP contribution in [0.4, 0.5) is 4.39 Å². The molecule has 0 aliphatic heterocycles. The number of ether oxygens (including phenoxy) is 1. The minimum atomic E-state index is -0.396. The van der Waals surface area contributed by atoms with E-state index in [1.165, 1.54) is 25.3 Å². The Morgan fingerprint density at radius 2 is 2.20 bits per heavy atom. The molecule has 0 atom stereocenters. The molecule has 1 aromatic heterocycles. The summed E-state index contributed by atoms with van der Waals surface area (Å²) in [6, 6.07) is 7.46. The molecule has 1 aromatic carbocycles. The maximum Gasteiger partial charge on any atom is 0.252 e. The average Bonchev–Trinajstić information content (AvgIpc) is 2.45. The third-order valence-electron chi connectivity index (χ3n) is 2.64. The van der Waals surface area contributed by atoms with Gasteiger partial charge in [0, 0.05) is 23.3 Å². The predicted molar refractivity (Wildman–Crippen MR) is 76.1 cm³/mol. The summed E-state index contributed by atoms with van der Waals surface area (Å²) in [5.74, 6) is -0.165. The molecular weight excluding hydrogens is 327 g/mol. The van der Waals surface area contributed by atoms with Crippen LogP contribution in [0, 0.1) is 5.82 Å². The third kappa shape index (κ3) is 3.54. The molecule has 2 rings (SSSR count). The highest BCUT2D eigenvalue weighted by Crippen LogP contribution is 2.18. The van der Waals surface area contributed by atoms with Crippen LogP contribution < -0.4 is 10.1 Å². The number of methoxy groups -OCH3 is 1. The van der Waals surface area contributed by atoms with Crippen molar-refractivity contribution < 1.29 is 13.9 Å². The van der Waals surface area contributed by atoms with Crippen molar-refractivity contribution in [1.82, 2.24) is 10.3 Å². The molecule has 0 aliphatic carbocycles. The van der Waals surface area contributed by atoms with Crippen molar-refractivity contribution in [3.63, 3.8) is 0 Å². The van der Waals surface area contributed by atoms with Gasteiger partial charge in [0.05, 0.1) is 12.7 Å². The number of rotatable bonds is 4. The van der Waals surface area contributed by atoms with E-state index >= 15 is 0 Å². The molecule has 0 spiro atoms. The number of carbonyl (C=O) groups excluding carboxylic acids is 1. The smallest absolute Gasteiger partial charge is 0.252 e. The monoisotopic (exact) mass is 338 g/mol. The topological polar surface area (TPSA) is 51.2 Å². The normalized spacial score (nSPS) is 10.2. The Bertz CT molecular complexity index is 617. The van der Waals surface area contributed by atoms with Crippen LogP contribution in [-0.2, 0) is 6.54 Å². The van der Waals surface area contributed by atoms with Crippen molar-refractivity contribution in [3.8, 4) is 5.88 Å². The first-order chi connectivity index (χ1) is 9.60. The number of pyridine rings is 1. The van der Waals surface area contributed by atoms with Gasteiger partial charge in [-0.05, 0) is 39.7 Å². The van der Waals surface area contributed by atoms with Gasteiger partial charge < -0.3 is 10.1 Å². The van der Waals surface area contributed by atoms with Crippen LogP contribution >= 0.6 is 15.9 Å². The molecule has 0 radical (unpaired) electrons. The lowest BCUT2D eigenvalue weighted by Gasteiger charge is -2.07. The summed E-state index contributed by atoms with van der Waals surface area (Å²) in [7, 11) is 1.54. The maximum atomic E-state index is 13.0. The van der Waals surface area contributed by atoms with Crippen molar-refractivity contribution in [2.75, 3.05) is 7.11 Å². The molecule has 1 N–H and O–H groups in total. The van der Waals surface area contributed by atoms with E-state index in [1.54, 1.807) is 12.3 Å². The Balaban J connectivity index is 2.00. The Morgan fingerprint density at radius 3 is 2.80 bits per heavy atom. The van der Waals surface area contributed by atoms with Crippen molar-refractivity contribution >= 4 is 21.8 Å². The molecule has 104 valence electrons. The van der Waals surface area contributed by atoms with Crippen LogP contribution in [0.3, 0.4) is 0 Å². The molecule has 4 nitrogen and oxygen atoms in total. The average molecular weight is 339 g/mol. The summed E-state index contributed by atoms with van der Waals surface area (Å²) in [6.45, 7) is 0.333. The fourth-order valence-corrected chi connectivity index (χ4v) is 2.12. The second-order valence-corrected chi connectivity index (χ2v) is 4.87. The zero-order chi connectivity index (χ0) is 14.5. The molecule has 0 fully saturated rings. The Hall–Kier alpha value is -1.95. The minimum absolute atomic E-state index is 0.285. The molecule has 1 heterocycles. The van der Waals surface area contributed by atoms with Gasteiger partial charge in [0.15, 0.2) is 0 Å². The lowest BCUT2D eigenvalue weighted by atomic mass is 10.2. The van der Waals surface area contributed by atoms with Gasteiger partial charge in [0.25, 0.3) is 5.91 Å². The second-order valence-electron chi connectivity index (χ2n) is 4.02. The van der Waals surface area contributed by atoms with Gasteiger partial charge in [-0.3, -0.25) is 4.79 Å². The van der Waals surface area contributed by atoms with E-state index < -0.39 is 5.82 Å². The van der Waals surface area contributed by atoms with Gasteiger partial charge in [-0.25, -0.2) is 9.37 Å². The predicted octanol–water partition coefficient (Wildman–Crippen LogP) is 2.92. The SMILES string of the molecule is COc1ccc(CNC(=O)c2ccc(F)cc2Br)cn1. The molecular formula is C14H12BrFN2O2. The van der Waals surface area contributed by atoms with Crippen LogP contribution in [0.2, 0.25) is 0 Å². The fraction of sp³-hybridized carbons (Fsp3) is 0.143. The number of benzene rings is 1. The molecule has 0 bridgehead atoms. The summed E-state index contributed by atoms with van der Waals surface area (Å²) in [5.41, 5.74) is 1.23. The minimum Gasteiger partial charge on any atom is -0.481 e. The summed E-state index contributed by atoms with van der Waals surface area (Å²) in [6.07, 6.45) is 1.62. The van der Waals surface area contributed by atoms with Crippen molar-refractivity contribution in [2.45, 2.75) is 6.54 Å². The highest BCUT2D eigenvalue weighted by molar-refractivity contribution is 9.10. The number of amides is 1. The van der Waals surface area contributed by atoms with E-state index in [4.69, 9.17) is 4.74 Å². The molecule has 20 heavy (non-hydrogen) atoms. The first-order valence-corrected chi connectivity index (χ1v) is 6.61. The Morgan fingerprint density at radius 1 is 1.40 bits per heavy atom. The molecule has 6 heteroatoms. The number of carbonyl (C=O) groups is 1. The van der Waals surface area contributed by atoms with E-state index in [1.807, 2.05) is 6.07 Å². The summed E-state index contributed by atoms with van der Waals surface area (Å²) >= 11 is 3.16. The first kappa shape index (κ1) is 14.5. The van der Waals surface area contributed by atoms with Crippen molar-refractivity contribution in [3.05, 3.63) is 57.9 Å². The van der Waals surface area contributed by atoms with Gasteiger partial charge >= 0.3 is 0 Å². The van der Waals surface area contributed by atoms with Crippen LogP contribution in [0.1, 0.15) is 15.9 Å². The number of halogens is 2. The molecule has 0 aliphatic rings. The van der Waals surface area contributed by atoms with Gasteiger partial charge in [0.1, 0.15) is 5.82 Å². The summed E-state index contributed by atoms with van der Waals surface area (Å²) < 4.78 is 18.3. The highest BCUT2D eigenvalue weighted by atomic mass is 79.9. The van der Waals surface area contributed by atoms with E-state index in [-0.39, 0.29) is 5.91 Å². The summed E-state index contributed by atoms with van der Waals surface area (Å²) in [5, 5.41) is 2.74. The number of nitrogens with zero attached hydrogens (tertiary/aromatic N) is 1. The zero-order valence-electron chi connectivity index (χ0n) is 10.7. The van der Waals surface area contributed by atoms with E-state index in [0.717, 1.165) is 5.56 Å². The van der Waals surface area contributed by atoms with Gasteiger partial charge in [-0.2, -0.15) is 0 Å². The highest BCUT2D eigenvalue weighted by Gasteiger charge is 2.10. The van der Waals surface area contributed by atoms with E-state index in [9.17, 15) is 9.18 Å². The Kier molecular flexibility index (Phi) is 4.68. The second kappa shape index (κ2) is 6.47. The summed E-state index contributed by atoms with van der Waals surface area (Å²) in [4.78, 5) is 16.0. The van der Waals surface area contributed by atoms with E-state index in [0.29, 0.717) is 22.5 Å². The molecule has 0 saturated heterocycles. The standard InChI is InChI=1S/C14H12BrFN2O2/c1-20-13-5-2-9(7-17-13)8-18-14(19)11-4-3-10(16)6-12(11)15/h2-7H,8H2,1H3,(H,18,19). The van der Waals surface area contributed by atoms with E-state index in [2.05, 4.69) is 26.2 Å². The molecule has 2 aromatic rings. The molecule has 1 amide bonds. The number of hydrogen-bond donors (Lipinski definition) is 1. The maximum absolute atomic E-state index is 13.0. The van der Waals surface area contributed by atoms with Crippen LogP contribution in [0.15, 0.2) is 41.0 Å². The number of hydrogen-bond acceptors (Lipinski definition) is 3. The largest absolute Gasteiger partial charge is 0.481 e. The Labute approximate surface area is 124 Å². The first-order valence-electron chi connectivity index (χ1n) is 5.82. The van der Waals surface area contributed by atoms with Crippen LogP contribution in [0.5, 0.6) is 5.88 Å². The third-order valence-corrected chi connectivity index (χ3v) is 3.29. The quantitative estimate of drug-likeness (QED) is 0.932. The number of aromatic nitrogens is 1.